The monoisotopic (exact) mass is 340 g/mol. The largest absolute Gasteiger partial charge is 0.349 e. The maximum absolute atomic E-state index is 13.1. The highest BCUT2D eigenvalue weighted by Gasteiger charge is 2.29. The highest BCUT2D eigenvalue weighted by atomic mass is 16.2. The molecule has 2 aromatic rings. The van der Waals surface area contributed by atoms with Gasteiger partial charge in [-0.3, -0.25) is 9.59 Å². The molecule has 0 spiro atoms. The summed E-state index contributed by atoms with van der Waals surface area (Å²) in [7, 11) is 0. The minimum Gasteiger partial charge on any atom is -0.349 e. The van der Waals surface area contributed by atoms with Crippen LogP contribution in [0.25, 0.3) is 11.0 Å². The van der Waals surface area contributed by atoms with Gasteiger partial charge in [-0.25, -0.2) is 4.98 Å². The molecule has 25 heavy (non-hydrogen) atoms. The minimum absolute atomic E-state index is 0.0240. The molecule has 3 heterocycles. The van der Waals surface area contributed by atoms with Crippen LogP contribution in [0.1, 0.15) is 55.1 Å². The smallest absolute Gasteiger partial charge is 0.254 e. The molecule has 132 valence electrons. The van der Waals surface area contributed by atoms with Crippen molar-refractivity contribution >= 4 is 22.8 Å². The van der Waals surface area contributed by atoms with Crippen molar-refractivity contribution in [1.82, 2.24) is 19.8 Å². The van der Waals surface area contributed by atoms with Crippen LogP contribution in [0.2, 0.25) is 0 Å². The van der Waals surface area contributed by atoms with Crippen LogP contribution in [-0.2, 0) is 17.9 Å². The normalized spacial score (nSPS) is 18.2. The number of rotatable bonds is 2. The van der Waals surface area contributed by atoms with Crippen LogP contribution in [0.5, 0.6) is 0 Å². The highest BCUT2D eigenvalue weighted by molar-refractivity contribution is 6.08. The van der Waals surface area contributed by atoms with Crippen molar-refractivity contribution in [3.8, 4) is 0 Å². The van der Waals surface area contributed by atoms with Gasteiger partial charge in [0.15, 0.2) is 0 Å². The lowest BCUT2D eigenvalue weighted by Crippen LogP contribution is -2.39. The molecule has 0 saturated heterocycles. The molecule has 1 saturated carbocycles. The first-order chi connectivity index (χ1) is 12.1. The summed E-state index contributed by atoms with van der Waals surface area (Å²) < 4.78 is 2.10. The first kappa shape index (κ1) is 16.1. The Bertz CT molecular complexity index is 820. The van der Waals surface area contributed by atoms with Crippen molar-refractivity contribution in [3.63, 3.8) is 0 Å². The number of amides is 2. The van der Waals surface area contributed by atoms with E-state index in [1.54, 1.807) is 18.0 Å². The Balaban J connectivity index is 1.73. The van der Waals surface area contributed by atoms with E-state index in [0.29, 0.717) is 25.2 Å². The van der Waals surface area contributed by atoms with Crippen LogP contribution in [0.3, 0.4) is 0 Å². The fourth-order valence-electron chi connectivity index (χ4n) is 4.14. The van der Waals surface area contributed by atoms with Crippen molar-refractivity contribution < 1.29 is 9.59 Å². The first-order valence-corrected chi connectivity index (χ1v) is 9.17. The van der Waals surface area contributed by atoms with Crippen LogP contribution in [-0.4, -0.2) is 38.9 Å². The van der Waals surface area contributed by atoms with E-state index in [1.807, 2.05) is 12.1 Å². The van der Waals surface area contributed by atoms with Gasteiger partial charge in [0.05, 0.1) is 17.8 Å². The van der Waals surface area contributed by atoms with E-state index < -0.39 is 0 Å². The van der Waals surface area contributed by atoms with Crippen LogP contribution in [0.4, 0.5) is 0 Å². The SMILES string of the molecule is CC(=O)N1CCn2c(c(C(=O)NC3CCCCC3)c3cccnc32)C1. The van der Waals surface area contributed by atoms with Crippen molar-refractivity contribution in [1.29, 1.82) is 0 Å². The first-order valence-electron chi connectivity index (χ1n) is 9.17. The average molecular weight is 340 g/mol. The molecule has 6 nitrogen and oxygen atoms in total. The zero-order valence-electron chi connectivity index (χ0n) is 14.6. The number of hydrogen-bond acceptors (Lipinski definition) is 3. The van der Waals surface area contributed by atoms with Gasteiger partial charge in [-0.15, -0.1) is 0 Å². The van der Waals surface area contributed by atoms with Gasteiger partial charge in [-0.2, -0.15) is 0 Å². The Kier molecular flexibility index (Phi) is 4.19. The molecule has 1 fully saturated rings. The van der Waals surface area contributed by atoms with E-state index >= 15 is 0 Å². The fraction of sp³-hybridized carbons (Fsp3) is 0.526. The Hall–Kier alpha value is -2.37. The molecule has 1 N–H and O–H groups in total. The maximum Gasteiger partial charge on any atom is 0.254 e. The van der Waals surface area contributed by atoms with Gasteiger partial charge >= 0.3 is 0 Å². The van der Waals surface area contributed by atoms with Gasteiger partial charge in [0.25, 0.3) is 5.91 Å². The Morgan fingerprint density at radius 1 is 1.20 bits per heavy atom. The number of hydrogen-bond donors (Lipinski definition) is 1. The molecular weight excluding hydrogens is 316 g/mol. The van der Waals surface area contributed by atoms with Gasteiger partial charge in [0.2, 0.25) is 5.91 Å². The van der Waals surface area contributed by atoms with Gasteiger partial charge < -0.3 is 14.8 Å². The second-order valence-corrected chi connectivity index (χ2v) is 7.10. The van der Waals surface area contributed by atoms with Crippen molar-refractivity contribution in [2.75, 3.05) is 6.54 Å². The number of carbonyl (C=O) groups excluding carboxylic acids is 2. The number of carbonyl (C=O) groups is 2. The third-order valence-corrected chi connectivity index (χ3v) is 5.47. The van der Waals surface area contributed by atoms with E-state index in [1.165, 1.54) is 19.3 Å². The summed E-state index contributed by atoms with van der Waals surface area (Å²) in [6.45, 7) is 3.39. The molecule has 2 aromatic heterocycles. The summed E-state index contributed by atoms with van der Waals surface area (Å²) in [6, 6.07) is 4.09. The fourth-order valence-corrected chi connectivity index (χ4v) is 4.14. The molecule has 1 aliphatic heterocycles. The van der Waals surface area contributed by atoms with E-state index in [0.717, 1.165) is 29.6 Å². The van der Waals surface area contributed by atoms with E-state index in [4.69, 9.17) is 0 Å². The lowest BCUT2D eigenvalue weighted by molar-refractivity contribution is -0.130. The molecule has 2 amide bonds. The summed E-state index contributed by atoms with van der Waals surface area (Å²) in [4.78, 5) is 31.2. The van der Waals surface area contributed by atoms with Gasteiger partial charge in [0.1, 0.15) is 5.65 Å². The van der Waals surface area contributed by atoms with E-state index in [9.17, 15) is 9.59 Å². The average Bonchev–Trinajstić information content (AvgIpc) is 2.96. The van der Waals surface area contributed by atoms with E-state index in [-0.39, 0.29) is 17.9 Å². The third kappa shape index (κ3) is 2.90. The molecule has 6 heteroatoms. The van der Waals surface area contributed by atoms with Gasteiger partial charge in [0, 0.05) is 37.6 Å². The maximum atomic E-state index is 13.1. The van der Waals surface area contributed by atoms with E-state index in [2.05, 4.69) is 14.9 Å². The number of nitrogens with one attached hydrogen (secondary N) is 1. The van der Waals surface area contributed by atoms with Gasteiger partial charge in [-0.1, -0.05) is 19.3 Å². The molecule has 0 atom stereocenters. The second kappa shape index (κ2) is 6.50. The van der Waals surface area contributed by atoms with Gasteiger partial charge in [-0.05, 0) is 25.0 Å². The van der Waals surface area contributed by atoms with Crippen molar-refractivity contribution in [2.24, 2.45) is 0 Å². The second-order valence-electron chi connectivity index (χ2n) is 7.10. The summed E-state index contributed by atoms with van der Waals surface area (Å²) >= 11 is 0. The molecule has 4 rings (SSSR count). The summed E-state index contributed by atoms with van der Waals surface area (Å²) in [5.74, 6) is 0.0205. The molecule has 2 aliphatic rings. The van der Waals surface area contributed by atoms with Crippen LogP contribution >= 0.6 is 0 Å². The lowest BCUT2D eigenvalue weighted by atomic mass is 9.95. The number of aromatic nitrogens is 2. The summed E-state index contributed by atoms with van der Waals surface area (Å²) in [5, 5.41) is 4.11. The molecule has 1 aliphatic carbocycles. The Morgan fingerprint density at radius 2 is 2.00 bits per heavy atom. The number of fused-ring (bicyclic) bond motifs is 3. The molecule has 0 unspecified atom stereocenters. The zero-order valence-corrected chi connectivity index (χ0v) is 14.6. The Labute approximate surface area is 147 Å². The summed E-state index contributed by atoms with van der Waals surface area (Å²) in [5.41, 5.74) is 2.44. The van der Waals surface area contributed by atoms with Crippen molar-refractivity contribution in [2.45, 2.75) is 58.2 Å². The molecule has 0 aromatic carbocycles. The quantitative estimate of drug-likeness (QED) is 0.913. The highest BCUT2D eigenvalue weighted by Crippen LogP contribution is 2.29. The van der Waals surface area contributed by atoms with Crippen LogP contribution in [0, 0.1) is 0 Å². The third-order valence-electron chi connectivity index (χ3n) is 5.47. The van der Waals surface area contributed by atoms with Crippen molar-refractivity contribution in [3.05, 3.63) is 29.6 Å². The molecule has 0 bridgehead atoms. The molecular formula is C19H24N4O2. The van der Waals surface area contributed by atoms with Crippen LogP contribution < -0.4 is 5.32 Å². The predicted molar refractivity (Wildman–Crippen MR) is 95.2 cm³/mol. The lowest BCUT2D eigenvalue weighted by Gasteiger charge is -2.29. The predicted octanol–water partition coefficient (Wildman–Crippen LogP) is 2.46. The number of nitrogens with zero attached hydrogens (tertiary/aromatic N) is 3. The standard InChI is InChI=1S/C19H24N4O2/c1-13(24)22-10-11-23-16(12-22)17(15-8-5-9-20-18(15)23)19(25)21-14-6-3-2-4-7-14/h5,8-9,14H,2-4,6-7,10-12H2,1H3,(H,21,25). The topological polar surface area (TPSA) is 67.2 Å². The minimum atomic E-state index is -0.0240. The number of pyridine rings is 1. The zero-order chi connectivity index (χ0) is 17.4. The van der Waals surface area contributed by atoms with Crippen LogP contribution in [0.15, 0.2) is 18.3 Å². The Morgan fingerprint density at radius 3 is 2.76 bits per heavy atom. The summed E-state index contributed by atoms with van der Waals surface area (Å²) in [6.07, 6.45) is 7.48. The molecule has 0 radical (unpaired) electrons.